The van der Waals surface area contributed by atoms with Crippen molar-refractivity contribution in [3.63, 3.8) is 0 Å². The van der Waals surface area contributed by atoms with Gasteiger partial charge >= 0.3 is 0 Å². The van der Waals surface area contributed by atoms with Crippen LogP contribution in [0.5, 0.6) is 0 Å². The topological polar surface area (TPSA) is 24.3 Å². The van der Waals surface area contributed by atoms with Crippen molar-refractivity contribution in [2.45, 2.75) is 59.0 Å². The number of hydrogen-bond acceptors (Lipinski definition) is 3. The zero-order valence-corrected chi connectivity index (χ0v) is 17.5. The molecule has 1 aromatic carbocycles. The molecule has 0 atom stereocenters. The lowest BCUT2D eigenvalue weighted by Gasteiger charge is -2.37. The van der Waals surface area contributed by atoms with Crippen LogP contribution in [0.15, 0.2) is 24.3 Å². The first-order valence-corrected chi connectivity index (χ1v) is 10.6. The maximum absolute atomic E-state index is 4.69. The Morgan fingerprint density at radius 1 is 0.926 bits per heavy atom. The first-order valence-electron chi connectivity index (χ1n) is 10.6. The molecule has 0 radical (unpaired) electrons. The minimum absolute atomic E-state index is 0.436. The summed E-state index contributed by atoms with van der Waals surface area (Å²) in [6.07, 6.45) is 2.70. The molecule has 1 aromatic heterocycles. The summed E-state index contributed by atoms with van der Waals surface area (Å²) in [5, 5.41) is 4.69. The fourth-order valence-corrected chi connectivity index (χ4v) is 4.62. The Hall–Kier alpha value is -1.65. The van der Waals surface area contributed by atoms with E-state index >= 15 is 0 Å². The second-order valence-electron chi connectivity index (χ2n) is 8.66. The number of aryl methyl sites for hydroxylation is 3. The molecule has 0 amide bonds. The van der Waals surface area contributed by atoms with Crippen molar-refractivity contribution in [1.29, 1.82) is 0 Å². The lowest BCUT2D eigenvalue weighted by atomic mass is 9.94. The average Bonchev–Trinajstić information content (AvgIpc) is 3.40. The van der Waals surface area contributed by atoms with Gasteiger partial charge in [-0.05, 0) is 46.1 Å². The number of hydrogen-bond donors (Lipinski definition) is 0. The summed E-state index contributed by atoms with van der Waals surface area (Å²) < 4.78 is 2.14. The Morgan fingerprint density at radius 3 is 2.11 bits per heavy atom. The summed E-state index contributed by atoms with van der Waals surface area (Å²) in [6.45, 7) is 16.7. The molecule has 0 unspecified atom stereocenters. The summed E-state index contributed by atoms with van der Waals surface area (Å²) in [7, 11) is 0. The fourth-order valence-electron chi connectivity index (χ4n) is 4.62. The van der Waals surface area contributed by atoms with E-state index in [0.717, 1.165) is 13.1 Å². The molecule has 2 heterocycles. The van der Waals surface area contributed by atoms with Crippen LogP contribution in [0, 0.1) is 20.8 Å². The van der Waals surface area contributed by atoms with E-state index in [2.05, 4.69) is 71.5 Å². The largest absolute Gasteiger partial charge is 0.300 e. The molecule has 27 heavy (non-hydrogen) atoms. The van der Waals surface area contributed by atoms with Crippen molar-refractivity contribution >= 4 is 0 Å². The minimum atomic E-state index is 0.436. The maximum atomic E-state index is 4.69. The smallest absolute Gasteiger partial charge is 0.0641 e. The molecule has 2 fully saturated rings. The number of aromatic nitrogens is 2. The quantitative estimate of drug-likeness (QED) is 0.779. The predicted molar refractivity (Wildman–Crippen MR) is 111 cm³/mol. The van der Waals surface area contributed by atoms with Gasteiger partial charge in [0, 0.05) is 62.5 Å². The molecule has 2 aliphatic rings. The molecule has 0 bridgehead atoms. The zero-order chi connectivity index (χ0) is 19.0. The van der Waals surface area contributed by atoms with Gasteiger partial charge in [0.2, 0.25) is 0 Å². The van der Waals surface area contributed by atoms with Gasteiger partial charge in [0.15, 0.2) is 0 Å². The van der Waals surface area contributed by atoms with E-state index in [9.17, 15) is 0 Å². The molecule has 2 aromatic rings. The summed E-state index contributed by atoms with van der Waals surface area (Å²) in [5.74, 6) is 0. The fraction of sp³-hybridized carbons (Fsp3) is 0.609. The Morgan fingerprint density at radius 2 is 1.56 bits per heavy atom. The molecule has 1 saturated heterocycles. The van der Waals surface area contributed by atoms with Crippen LogP contribution < -0.4 is 0 Å². The van der Waals surface area contributed by atoms with Gasteiger partial charge in [0.05, 0.1) is 5.69 Å². The molecular formula is C23H34N4. The molecule has 146 valence electrons. The van der Waals surface area contributed by atoms with Crippen molar-refractivity contribution in [1.82, 2.24) is 19.6 Å². The van der Waals surface area contributed by atoms with Crippen LogP contribution in [-0.2, 0) is 18.5 Å². The highest BCUT2D eigenvalue weighted by atomic mass is 15.3. The van der Waals surface area contributed by atoms with Gasteiger partial charge in [0.25, 0.3) is 0 Å². The molecule has 4 nitrogen and oxygen atoms in total. The summed E-state index contributed by atoms with van der Waals surface area (Å²) in [5.41, 5.74) is 7.32. The van der Waals surface area contributed by atoms with E-state index in [1.54, 1.807) is 5.56 Å². The molecule has 4 heteroatoms. The summed E-state index contributed by atoms with van der Waals surface area (Å²) >= 11 is 0. The minimum Gasteiger partial charge on any atom is -0.300 e. The van der Waals surface area contributed by atoms with Gasteiger partial charge in [-0.1, -0.05) is 29.8 Å². The van der Waals surface area contributed by atoms with Crippen LogP contribution in [0.2, 0.25) is 0 Å². The molecule has 1 aliphatic carbocycles. The SMILES string of the molecule is CCn1nc(C)c(CN2CCN(CC3(c4ccc(C)cc4)CC3)CC2)c1C. The van der Waals surface area contributed by atoms with Crippen molar-refractivity contribution in [2.24, 2.45) is 0 Å². The molecule has 1 aliphatic heterocycles. The van der Waals surface area contributed by atoms with Crippen LogP contribution in [0.1, 0.15) is 47.8 Å². The van der Waals surface area contributed by atoms with Gasteiger partial charge in [-0.25, -0.2) is 0 Å². The van der Waals surface area contributed by atoms with Crippen LogP contribution in [0.25, 0.3) is 0 Å². The average molecular weight is 367 g/mol. The third-order valence-corrected chi connectivity index (χ3v) is 6.72. The molecular weight excluding hydrogens is 332 g/mol. The Labute approximate surface area is 164 Å². The van der Waals surface area contributed by atoms with Gasteiger partial charge in [-0.15, -0.1) is 0 Å². The molecule has 4 rings (SSSR count). The summed E-state index contributed by atoms with van der Waals surface area (Å²) in [6, 6.07) is 9.26. The van der Waals surface area contributed by atoms with E-state index in [1.807, 2.05) is 0 Å². The second kappa shape index (κ2) is 7.40. The third-order valence-electron chi connectivity index (χ3n) is 6.72. The van der Waals surface area contributed by atoms with Crippen LogP contribution >= 0.6 is 0 Å². The van der Waals surface area contributed by atoms with E-state index in [1.165, 1.54) is 68.1 Å². The molecule has 0 spiro atoms. The normalized spacial score (nSPS) is 20.1. The highest BCUT2D eigenvalue weighted by Gasteiger charge is 2.45. The van der Waals surface area contributed by atoms with E-state index in [-0.39, 0.29) is 0 Å². The van der Waals surface area contributed by atoms with E-state index < -0.39 is 0 Å². The highest BCUT2D eigenvalue weighted by molar-refractivity contribution is 5.34. The van der Waals surface area contributed by atoms with Crippen molar-refractivity contribution < 1.29 is 0 Å². The Bertz CT molecular complexity index is 777. The number of piperazine rings is 1. The van der Waals surface area contributed by atoms with Crippen LogP contribution in [0.3, 0.4) is 0 Å². The van der Waals surface area contributed by atoms with Crippen LogP contribution in [-0.4, -0.2) is 52.3 Å². The van der Waals surface area contributed by atoms with Crippen molar-refractivity contribution in [3.8, 4) is 0 Å². The molecule has 0 N–H and O–H groups in total. The lowest BCUT2D eigenvalue weighted by Crippen LogP contribution is -2.48. The zero-order valence-electron chi connectivity index (χ0n) is 17.5. The Kier molecular flexibility index (Phi) is 5.13. The molecule has 1 saturated carbocycles. The third kappa shape index (κ3) is 3.83. The standard InChI is InChI=1S/C23H34N4/c1-5-27-20(4)22(19(3)24-27)16-25-12-14-26(15-13-25)17-23(10-11-23)21-8-6-18(2)7-9-21/h6-9H,5,10-17H2,1-4H3. The summed E-state index contributed by atoms with van der Waals surface area (Å²) in [4.78, 5) is 5.30. The maximum Gasteiger partial charge on any atom is 0.0641 e. The van der Waals surface area contributed by atoms with Gasteiger partial charge in [-0.2, -0.15) is 5.10 Å². The Balaban J connectivity index is 1.33. The van der Waals surface area contributed by atoms with Crippen molar-refractivity contribution in [2.75, 3.05) is 32.7 Å². The number of rotatable bonds is 6. The monoisotopic (exact) mass is 366 g/mol. The van der Waals surface area contributed by atoms with Gasteiger partial charge < -0.3 is 0 Å². The number of benzene rings is 1. The van der Waals surface area contributed by atoms with E-state index in [0.29, 0.717) is 5.41 Å². The van der Waals surface area contributed by atoms with E-state index in [4.69, 9.17) is 0 Å². The first-order chi connectivity index (χ1) is 13.0. The highest BCUT2D eigenvalue weighted by Crippen LogP contribution is 2.48. The van der Waals surface area contributed by atoms with Crippen LogP contribution in [0.4, 0.5) is 0 Å². The predicted octanol–water partition coefficient (Wildman–Crippen LogP) is 3.68. The van der Waals surface area contributed by atoms with Crippen molar-refractivity contribution in [3.05, 3.63) is 52.3 Å². The van der Waals surface area contributed by atoms with Gasteiger partial charge in [-0.3, -0.25) is 14.5 Å². The first kappa shape index (κ1) is 18.7. The second-order valence-corrected chi connectivity index (χ2v) is 8.66. The number of nitrogens with zero attached hydrogens (tertiary/aromatic N) is 4. The van der Waals surface area contributed by atoms with Gasteiger partial charge in [0.1, 0.15) is 0 Å². The lowest BCUT2D eigenvalue weighted by molar-refractivity contribution is 0.118.